The van der Waals surface area contributed by atoms with Gasteiger partial charge in [0.25, 0.3) is 5.91 Å². The molecule has 2 heterocycles. The Morgan fingerprint density at radius 2 is 1.89 bits per heavy atom. The molecule has 1 aromatic heterocycles. The average Bonchev–Trinajstić information content (AvgIpc) is 2.64. The van der Waals surface area contributed by atoms with Crippen molar-refractivity contribution in [2.24, 2.45) is 0 Å². The third-order valence-corrected chi connectivity index (χ3v) is 3.27. The van der Waals surface area contributed by atoms with Gasteiger partial charge in [0.1, 0.15) is 0 Å². The van der Waals surface area contributed by atoms with E-state index >= 15 is 0 Å². The number of hydrogen-bond acceptors (Lipinski definition) is 4. The molecule has 1 aromatic rings. The Bertz CT molecular complexity index is 489. The van der Waals surface area contributed by atoms with Crippen LogP contribution in [-0.4, -0.2) is 52.8 Å². The van der Waals surface area contributed by atoms with Gasteiger partial charge in [-0.15, -0.1) is 0 Å². The maximum absolute atomic E-state index is 12.3. The molecule has 1 saturated heterocycles. The van der Waals surface area contributed by atoms with Gasteiger partial charge in [0.2, 0.25) is 5.91 Å². The zero-order valence-electron chi connectivity index (χ0n) is 11.0. The van der Waals surface area contributed by atoms with Gasteiger partial charge in [0.05, 0.1) is 5.69 Å². The van der Waals surface area contributed by atoms with Crippen LogP contribution in [0.4, 0.5) is 5.69 Å². The molecule has 6 heteroatoms. The maximum Gasteiger partial charge on any atom is 0.274 e. The molecular formula is C13H18N4O2. The van der Waals surface area contributed by atoms with Crippen LogP contribution in [0.5, 0.6) is 0 Å². The Balaban J connectivity index is 2.08. The molecule has 1 fully saturated rings. The number of nitrogen functional groups attached to an aromatic ring is 1. The number of nitrogens with two attached hydrogens (primary N) is 1. The van der Waals surface area contributed by atoms with Gasteiger partial charge in [-0.3, -0.25) is 9.59 Å². The maximum atomic E-state index is 12.3. The third kappa shape index (κ3) is 3.01. The highest BCUT2D eigenvalue weighted by Crippen LogP contribution is 2.12. The van der Waals surface area contributed by atoms with Gasteiger partial charge in [-0.2, -0.15) is 0 Å². The first-order valence-corrected chi connectivity index (χ1v) is 6.35. The summed E-state index contributed by atoms with van der Waals surface area (Å²) in [5.41, 5.74) is 6.45. The van der Waals surface area contributed by atoms with Crippen molar-refractivity contribution in [3.63, 3.8) is 0 Å². The van der Waals surface area contributed by atoms with Crippen LogP contribution in [0.2, 0.25) is 0 Å². The molecule has 0 bridgehead atoms. The number of nitrogens with zero attached hydrogens (tertiary/aromatic N) is 3. The van der Waals surface area contributed by atoms with Crippen molar-refractivity contribution in [1.82, 2.24) is 14.8 Å². The summed E-state index contributed by atoms with van der Waals surface area (Å²) < 4.78 is 0. The molecule has 0 atom stereocenters. The Hall–Kier alpha value is -2.11. The molecule has 0 unspecified atom stereocenters. The van der Waals surface area contributed by atoms with E-state index in [9.17, 15) is 9.59 Å². The van der Waals surface area contributed by atoms with Crippen LogP contribution < -0.4 is 5.73 Å². The van der Waals surface area contributed by atoms with E-state index in [1.165, 1.54) is 0 Å². The minimum atomic E-state index is -0.163. The summed E-state index contributed by atoms with van der Waals surface area (Å²) in [5.74, 6) is -0.116. The summed E-state index contributed by atoms with van der Waals surface area (Å²) in [6.07, 6.45) is 2.33. The second-order valence-corrected chi connectivity index (χ2v) is 4.59. The van der Waals surface area contributed by atoms with E-state index in [0.717, 1.165) is 6.42 Å². The van der Waals surface area contributed by atoms with Crippen molar-refractivity contribution in [2.45, 2.75) is 13.3 Å². The summed E-state index contributed by atoms with van der Waals surface area (Å²) >= 11 is 0. The molecule has 6 nitrogen and oxygen atoms in total. The normalized spacial score (nSPS) is 16.1. The van der Waals surface area contributed by atoms with E-state index in [1.54, 1.807) is 35.1 Å². The van der Waals surface area contributed by atoms with Gasteiger partial charge in [-0.1, -0.05) is 0 Å². The molecule has 0 radical (unpaired) electrons. The molecule has 1 aliphatic heterocycles. The number of rotatable bonds is 1. The first-order chi connectivity index (χ1) is 9.09. The number of anilines is 1. The lowest BCUT2D eigenvalue weighted by Gasteiger charge is -2.21. The quantitative estimate of drug-likeness (QED) is 0.792. The highest BCUT2D eigenvalue weighted by Gasteiger charge is 2.23. The van der Waals surface area contributed by atoms with Crippen LogP contribution in [0.25, 0.3) is 0 Å². The van der Waals surface area contributed by atoms with Crippen molar-refractivity contribution < 1.29 is 9.59 Å². The molecule has 2 amide bonds. The van der Waals surface area contributed by atoms with Crippen molar-refractivity contribution in [1.29, 1.82) is 0 Å². The van der Waals surface area contributed by atoms with Gasteiger partial charge in [-0.05, 0) is 18.6 Å². The van der Waals surface area contributed by atoms with Crippen LogP contribution in [0.1, 0.15) is 23.8 Å². The molecule has 19 heavy (non-hydrogen) atoms. The third-order valence-electron chi connectivity index (χ3n) is 3.27. The first-order valence-electron chi connectivity index (χ1n) is 6.35. The van der Waals surface area contributed by atoms with Gasteiger partial charge in [0, 0.05) is 39.3 Å². The van der Waals surface area contributed by atoms with Crippen LogP contribution in [0.15, 0.2) is 18.3 Å². The number of amides is 2. The van der Waals surface area contributed by atoms with Crippen molar-refractivity contribution in [3.05, 3.63) is 24.0 Å². The minimum absolute atomic E-state index is 0.0478. The monoisotopic (exact) mass is 262 g/mol. The molecule has 0 saturated carbocycles. The first kappa shape index (κ1) is 13.3. The fourth-order valence-electron chi connectivity index (χ4n) is 2.18. The Morgan fingerprint density at radius 3 is 2.58 bits per heavy atom. The second-order valence-electron chi connectivity index (χ2n) is 4.59. The van der Waals surface area contributed by atoms with Gasteiger partial charge in [0.15, 0.2) is 5.69 Å². The molecule has 2 rings (SSSR count). The van der Waals surface area contributed by atoms with E-state index in [4.69, 9.17) is 5.73 Å². The topological polar surface area (TPSA) is 79.5 Å². The SMILES string of the molecule is CC(=O)N1CCCN(C(=O)c2ncccc2N)CC1. The van der Waals surface area contributed by atoms with Crippen LogP contribution in [0, 0.1) is 0 Å². The lowest BCUT2D eigenvalue weighted by atomic mass is 10.2. The van der Waals surface area contributed by atoms with E-state index in [1.807, 2.05) is 0 Å². The predicted octanol–water partition coefficient (Wildman–Crippen LogP) is 0.358. The molecule has 0 spiro atoms. The lowest BCUT2D eigenvalue weighted by molar-refractivity contribution is -0.128. The van der Waals surface area contributed by atoms with E-state index in [2.05, 4.69) is 4.98 Å². The van der Waals surface area contributed by atoms with E-state index in [-0.39, 0.29) is 11.8 Å². The molecule has 0 aromatic carbocycles. The Morgan fingerprint density at radius 1 is 1.21 bits per heavy atom. The Kier molecular flexibility index (Phi) is 3.99. The van der Waals surface area contributed by atoms with Crippen LogP contribution in [0.3, 0.4) is 0 Å². The predicted molar refractivity (Wildman–Crippen MR) is 71.4 cm³/mol. The zero-order valence-corrected chi connectivity index (χ0v) is 11.0. The number of aromatic nitrogens is 1. The smallest absolute Gasteiger partial charge is 0.274 e. The highest BCUT2D eigenvalue weighted by atomic mass is 16.2. The summed E-state index contributed by atoms with van der Waals surface area (Å²) in [5, 5.41) is 0. The molecule has 0 aliphatic carbocycles. The van der Waals surface area contributed by atoms with Crippen molar-refractivity contribution in [2.75, 3.05) is 31.9 Å². The number of carbonyl (C=O) groups is 2. The van der Waals surface area contributed by atoms with E-state index in [0.29, 0.717) is 37.6 Å². The average molecular weight is 262 g/mol. The van der Waals surface area contributed by atoms with Gasteiger partial charge in [-0.25, -0.2) is 4.98 Å². The summed E-state index contributed by atoms with van der Waals surface area (Å²) in [4.78, 5) is 31.2. The second kappa shape index (κ2) is 5.69. The number of carbonyl (C=O) groups excluding carboxylic acids is 2. The van der Waals surface area contributed by atoms with Gasteiger partial charge >= 0.3 is 0 Å². The lowest BCUT2D eigenvalue weighted by Crippen LogP contribution is -2.37. The van der Waals surface area contributed by atoms with Crippen molar-refractivity contribution in [3.8, 4) is 0 Å². The van der Waals surface area contributed by atoms with E-state index < -0.39 is 0 Å². The standard InChI is InChI=1S/C13H18N4O2/c1-10(18)16-6-3-7-17(9-8-16)13(19)12-11(14)4-2-5-15-12/h2,4-5H,3,6-9,14H2,1H3. The van der Waals surface area contributed by atoms with Crippen LogP contribution >= 0.6 is 0 Å². The molecule has 2 N–H and O–H groups in total. The Labute approximate surface area is 112 Å². The van der Waals surface area contributed by atoms with Crippen molar-refractivity contribution >= 4 is 17.5 Å². The van der Waals surface area contributed by atoms with Gasteiger partial charge < -0.3 is 15.5 Å². The molecule has 102 valence electrons. The fraction of sp³-hybridized carbons (Fsp3) is 0.462. The molecule has 1 aliphatic rings. The summed E-state index contributed by atoms with van der Waals surface area (Å²) in [6.45, 7) is 3.95. The fourth-order valence-corrected chi connectivity index (χ4v) is 2.18. The summed E-state index contributed by atoms with van der Waals surface area (Å²) in [6, 6.07) is 3.37. The van der Waals surface area contributed by atoms with Crippen LogP contribution in [-0.2, 0) is 4.79 Å². The highest BCUT2D eigenvalue weighted by molar-refractivity contribution is 5.97. The summed E-state index contributed by atoms with van der Waals surface area (Å²) in [7, 11) is 0. The molecular weight excluding hydrogens is 244 g/mol. The zero-order chi connectivity index (χ0) is 13.8. The number of hydrogen-bond donors (Lipinski definition) is 1. The minimum Gasteiger partial charge on any atom is -0.397 e. The number of pyridine rings is 1. The largest absolute Gasteiger partial charge is 0.397 e.